The molecule has 2 aromatic rings. The van der Waals surface area contributed by atoms with Crippen LogP contribution < -0.4 is 10.2 Å². The van der Waals surface area contributed by atoms with Crippen LogP contribution in [0.2, 0.25) is 0 Å². The van der Waals surface area contributed by atoms with Gasteiger partial charge >= 0.3 is 5.97 Å². The number of carboxylic acids is 1. The first-order valence-electron chi connectivity index (χ1n) is 6.71. The third-order valence-corrected chi connectivity index (χ3v) is 3.13. The summed E-state index contributed by atoms with van der Waals surface area (Å²) in [5, 5.41) is 12.2. The van der Waals surface area contributed by atoms with Crippen molar-refractivity contribution in [2.24, 2.45) is 0 Å². The maximum atomic E-state index is 10.8. The Morgan fingerprint density at radius 1 is 1.10 bits per heavy atom. The standard InChI is InChI=1S/C16H19N3O2/c1-19(2)15-8-5-13(11-18-15)10-17-9-12-3-6-14(7-4-12)16(20)21/h3-8,11,17H,9-10H2,1-2H3,(H,20,21). The minimum atomic E-state index is -0.901. The van der Waals surface area contributed by atoms with Gasteiger partial charge in [0.1, 0.15) is 5.82 Å². The molecule has 5 nitrogen and oxygen atoms in total. The molecular weight excluding hydrogens is 266 g/mol. The van der Waals surface area contributed by atoms with E-state index in [4.69, 9.17) is 5.11 Å². The topological polar surface area (TPSA) is 65.5 Å². The smallest absolute Gasteiger partial charge is 0.335 e. The van der Waals surface area contributed by atoms with E-state index < -0.39 is 5.97 Å². The minimum absolute atomic E-state index is 0.308. The monoisotopic (exact) mass is 285 g/mol. The molecule has 0 bridgehead atoms. The number of carbonyl (C=O) groups is 1. The van der Waals surface area contributed by atoms with Crippen molar-refractivity contribution in [2.45, 2.75) is 13.1 Å². The van der Waals surface area contributed by atoms with Gasteiger partial charge in [-0.3, -0.25) is 0 Å². The Morgan fingerprint density at radius 3 is 2.24 bits per heavy atom. The molecule has 1 heterocycles. The number of hydrogen-bond donors (Lipinski definition) is 2. The highest BCUT2D eigenvalue weighted by molar-refractivity contribution is 5.87. The second-order valence-corrected chi connectivity index (χ2v) is 5.02. The lowest BCUT2D eigenvalue weighted by Gasteiger charge is -2.11. The number of hydrogen-bond acceptors (Lipinski definition) is 4. The summed E-state index contributed by atoms with van der Waals surface area (Å²) >= 11 is 0. The summed E-state index contributed by atoms with van der Waals surface area (Å²) in [5.41, 5.74) is 2.47. The Bertz CT molecular complexity index is 592. The SMILES string of the molecule is CN(C)c1ccc(CNCc2ccc(C(=O)O)cc2)cn1. The summed E-state index contributed by atoms with van der Waals surface area (Å²) in [6.07, 6.45) is 1.86. The van der Waals surface area contributed by atoms with Crippen LogP contribution in [0.5, 0.6) is 0 Å². The molecule has 110 valence electrons. The van der Waals surface area contributed by atoms with Crippen LogP contribution in [0.15, 0.2) is 42.6 Å². The molecule has 1 aromatic heterocycles. The Kier molecular flexibility index (Phi) is 4.90. The van der Waals surface area contributed by atoms with Gasteiger partial charge in [-0.1, -0.05) is 18.2 Å². The van der Waals surface area contributed by atoms with Crippen molar-refractivity contribution in [3.8, 4) is 0 Å². The molecule has 0 atom stereocenters. The number of rotatable bonds is 6. The summed E-state index contributed by atoms with van der Waals surface area (Å²) in [6.45, 7) is 1.41. The van der Waals surface area contributed by atoms with Crippen LogP contribution in [0, 0.1) is 0 Å². The number of carboxylic acid groups (broad SMARTS) is 1. The number of anilines is 1. The molecule has 21 heavy (non-hydrogen) atoms. The van der Waals surface area contributed by atoms with E-state index in [0.717, 1.165) is 23.5 Å². The predicted molar refractivity (Wildman–Crippen MR) is 82.5 cm³/mol. The average Bonchev–Trinajstić information content (AvgIpc) is 2.48. The fourth-order valence-electron chi connectivity index (χ4n) is 1.90. The van der Waals surface area contributed by atoms with Crippen LogP contribution in [0.4, 0.5) is 5.82 Å². The molecule has 0 radical (unpaired) electrons. The van der Waals surface area contributed by atoms with Gasteiger partial charge in [0.2, 0.25) is 0 Å². The number of benzene rings is 1. The van der Waals surface area contributed by atoms with Crippen LogP contribution in [0.25, 0.3) is 0 Å². The van der Waals surface area contributed by atoms with Gasteiger partial charge in [0, 0.05) is 33.4 Å². The van der Waals surface area contributed by atoms with Crippen LogP contribution in [0.1, 0.15) is 21.5 Å². The second kappa shape index (κ2) is 6.85. The minimum Gasteiger partial charge on any atom is -0.478 e. The molecule has 2 rings (SSSR count). The lowest BCUT2D eigenvalue weighted by molar-refractivity contribution is 0.0697. The second-order valence-electron chi connectivity index (χ2n) is 5.02. The summed E-state index contributed by atoms with van der Waals surface area (Å²) in [7, 11) is 3.92. The zero-order valence-electron chi connectivity index (χ0n) is 12.2. The van der Waals surface area contributed by atoms with Gasteiger partial charge in [-0.2, -0.15) is 0 Å². The maximum absolute atomic E-state index is 10.8. The van der Waals surface area contributed by atoms with E-state index in [-0.39, 0.29) is 0 Å². The Balaban J connectivity index is 1.85. The third-order valence-electron chi connectivity index (χ3n) is 3.13. The molecule has 5 heteroatoms. The van der Waals surface area contributed by atoms with E-state index in [1.54, 1.807) is 12.1 Å². The molecular formula is C16H19N3O2. The van der Waals surface area contributed by atoms with Gasteiger partial charge in [-0.15, -0.1) is 0 Å². The van der Waals surface area contributed by atoms with Gasteiger partial charge in [-0.05, 0) is 29.3 Å². The zero-order valence-corrected chi connectivity index (χ0v) is 12.2. The van der Waals surface area contributed by atoms with Gasteiger partial charge in [0.05, 0.1) is 5.56 Å². The van der Waals surface area contributed by atoms with E-state index in [0.29, 0.717) is 12.1 Å². The van der Waals surface area contributed by atoms with Crippen molar-refractivity contribution < 1.29 is 9.90 Å². The lowest BCUT2D eigenvalue weighted by Crippen LogP contribution is -2.14. The maximum Gasteiger partial charge on any atom is 0.335 e. The summed E-state index contributed by atoms with van der Waals surface area (Å²) < 4.78 is 0. The fourth-order valence-corrected chi connectivity index (χ4v) is 1.90. The van der Waals surface area contributed by atoms with Crippen molar-refractivity contribution in [1.29, 1.82) is 0 Å². The van der Waals surface area contributed by atoms with E-state index in [1.807, 2.05) is 49.5 Å². The molecule has 0 saturated heterocycles. The molecule has 0 fully saturated rings. The van der Waals surface area contributed by atoms with Gasteiger partial charge in [0.25, 0.3) is 0 Å². The highest BCUT2D eigenvalue weighted by Crippen LogP contribution is 2.08. The molecule has 0 aliphatic rings. The molecule has 2 N–H and O–H groups in total. The first-order chi connectivity index (χ1) is 10.1. The van der Waals surface area contributed by atoms with Crippen molar-refractivity contribution in [1.82, 2.24) is 10.3 Å². The van der Waals surface area contributed by atoms with Gasteiger partial charge < -0.3 is 15.3 Å². The molecule has 0 saturated carbocycles. The molecule has 0 aliphatic heterocycles. The lowest BCUT2D eigenvalue weighted by atomic mass is 10.1. The average molecular weight is 285 g/mol. The van der Waals surface area contributed by atoms with E-state index in [1.165, 1.54) is 0 Å². The number of nitrogens with zero attached hydrogens (tertiary/aromatic N) is 2. The van der Waals surface area contributed by atoms with Crippen LogP contribution in [0.3, 0.4) is 0 Å². The third kappa shape index (κ3) is 4.29. The highest BCUT2D eigenvalue weighted by atomic mass is 16.4. The van der Waals surface area contributed by atoms with E-state index in [9.17, 15) is 4.79 Å². The molecule has 0 spiro atoms. The van der Waals surface area contributed by atoms with E-state index in [2.05, 4.69) is 10.3 Å². The Hall–Kier alpha value is -2.40. The normalized spacial score (nSPS) is 10.4. The van der Waals surface area contributed by atoms with Crippen molar-refractivity contribution in [3.63, 3.8) is 0 Å². The Labute approximate surface area is 124 Å². The number of aromatic carboxylic acids is 1. The number of pyridine rings is 1. The van der Waals surface area contributed by atoms with Gasteiger partial charge in [-0.25, -0.2) is 9.78 Å². The van der Waals surface area contributed by atoms with E-state index >= 15 is 0 Å². The summed E-state index contributed by atoms with van der Waals surface area (Å²) in [4.78, 5) is 17.1. The molecule has 0 amide bonds. The molecule has 0 aliphatic carbocycles. The first-order valence-corrected chi connectivity index (χ1v) is 6.71. The number of nitrogens with one attached hydrogen (secondary N) is 1. The first kappa shape index (κ1) is 15.0. The fraction of sp³-hybridized carbons (Fsp3) is 0.250. The van der Waals surface area contributed by atoms with Crippen molar-refractivity contribution in [2.75, 3.05) is 19.0 Å². The van der Waals surface area contributed by atoms with Crippen LogP contribution in [-0.4, -0.2) is 30.2 Å². The van der Waals surface area contributed by atoms with Gasteiger partial charge in [0.15, 0.2) is 0 Å². The van der Waals surface area contributed by atoms with Crippen LogP contribution >= 0.6 is 0 Å². The highest BCUT2D eigenvalue weighted by Gasteiger charge is 2.02. The summed E-state index contributed by atoms with van der Waals surface area (Å²) in [6, 6.07) is 10.9. The largest absolute Gasteiger partial charge is 0.478 e. The quantitative estimate of drug-likeness (QED) is 0.851. The summed E-state index contributed by atoms with van der Waals surface area (Å²) in [5.74, 6) is 0.0320. The molecule has 1 aromatic carbocycles. The number of aromatic nitrogens is 1. The van der Waals surface area contributed by atoms with Crippen molar-refractivity contribution in [3.05, 3.63) is 59.3 Å². The predicted octanol–water partition coefficient (Wildman–Crippen LogP) is 2.14. The zero-order chi connectivity index (χ0) is 15.2. The van der Waals surface area contributed by atoms with Crippen molar-refractivity contribution >= 4 is 11.8 Å². The van der Waals surface area contributed by atoms with Crippen LogP contribution in [-0.2, 0) is 13.1 Å². The molecule has 0 unspecified atom stereocenters. The Morgan fingerprint density at radius 2 is 1.71 bits per heavy atom.